The van der Waals surface area contributed by atoms with Crippen molar-refractivity contribution in [3.8, 4) is 0 Å². The normalized spacial score (nSPS) is 11.2. The van der Waals surface area contributed by atoms with Crippen LogP contribution in [0.2, 0.25) is 4.63 Å². The second-order valence-electron chi connectivity index (χ2n) is 8.19. The fourth-order valence-corrected chi connectivity index (χ4v) is 4.20. The van der Waals surface area contributed by atoms with Crippen molar-refractivity contribution in [2.24, 2.45) is 0 Å². The van der Waals surface area contributed by atoms with Crippen molar-refractivity contribution in [1.82, 2.24) is 0 Å². The summed E-state index contributed by atoms with van der Waals surface area (Å²) >= 11 is 1.72. The Morgan fingerprint density at radius 2 is 0.618 bits per heavy atom. The Bertz CT molecular complexity index is 881. The van der Waals surface area contributed by atoms with E-state index in [9.17, 15) is 30.6 Å². The quantitative estimate of drug-likeness (QED) is 0.196. The molecular weight excluding hydrogens is 630 g/mol. The second kappa shape index (κ2) is 13.4. The molecule has 6 N–H and O–H groups in total. The number of hydrogen-bond donors (Lipinski definition) is 6. The summed E-state index contributed by atoms with van der Waals surface area (Å²) < 4.78 is 2.06. The first-order valence-corrected chi connectivity index (χ1v) is 13.8. The predicted octanol–water partition coefficient (Wildman–Crippen LogP) is 2.58. The van der Waals surface area contributed by atoms with Gasteiger partial charge in [-0.3, -0.25) is 0 Å². The van der Waals surface area contributed by atoms with Crippen LogP contribution in [-0.4, -0.2) is 30.6 Å². The molecule has 0 bridgehead atoms. The molecule has 0 saturated carbocycles. The fourth-order valence-electron chi connectivity index (χ4n) is 4.20. The average Bonchev–Trinajstić information content (AvgIpc) is 2.92. The van der Waals surface area contributed by atoms with Gasteiger partial charge < -0.3 is 30.6 Å². The van der Waals surface area contributed by atoms with Crippen molar-refractivity contribution in [2.75, 3.05) is 0 Å². The molecule has 0 spiro atoms. The van der Waals surface area contributed by atoms with Crippen LogP contribution in [0, 0.1) is 24.7 Å². The van der Waals surface area contributed by atoms with E-state index in [1.54, 1.807) is 42.9 Å². The molecule has 0 atom stereocenters. The molecule has 0 heterocycles. The van der Waals surface area contributed by atoms with Crippen molar-refractivity contribution in [3.05, 3.63) is 105 Å². The molecule has 0 aromatic heterocycles. The van der Waals surface area contributed by atoms with Crippen LogP contribution in [0.4, 0.5) is 0 Å². The third kappa shape index (κ3) is 6.29. The summed E-state index contributed by atoms with van der Waals surface area (Å²) in [6.45, 7) is 0.770. The number of aliphatic hydroxyl groups excluding tert-OH is 6. The molecule has 0 amide bonds. The molecule has 3 rings (SSSR count). The van der Waals surface area contributed by atoms with Crippen LogP contribution in [-0.2, 0) is 45.1 Å². The summed E-state index contributed by atoms with van der Waals surface area (Å²) in [6.07, 6.45) is 0. The number of aliphatic hydroxyl groups is 6. The van der Waals surface area contributed by atoms with E-state index < -0.39 is 5.41 Å². The van der Waals surface area contributed by atoms with Crippen molar-refractivity contribution >= 4 is 0 Å². The van der Waals surface area contributed by atoms with Crippen LogP contribution in [0.3, 0.4) is 0 Å². The van der Waals surface area contributed by atoms with Gasteiger partial charge in [0.2, 0.25) is 0 Å². The van der Waals surface area contributed by atoms with Gasteiger partial charge in [-0.1, -0.05) is 54.6 Å². The topological polar surface area (TPSA) is 121 Å². The summed E-state index contributed by atoms with van der Waals surface area (Å²) in [7, 11) is 0. The van der Waals surface area contributed by atoms with E-state index in [0.29, 0.717) is 33.4 Å². The second-order valence-corrected chi connectivity index (χ2v) is 8.19. The molecule has 0 unspecified atom stereocenters. The monoisotopic (exact) mass is 663 g/mol. The number of benzene rings is 3. The molecule has 0 fully saturated rings. The van der Waals surface area contributed by atoms with Gasteiger partial charge in [-0.25, -0.2) is 0 Å². The van der Waals surface area contributed by atoms with Gasteiger partial charge in [0, 0.05) is 5.41 Å². The van der Waals surface area contributed by atoms with Crippen LogP contribution in [0.25, 0.3) is 0 Å². The molecule has 184 valence electrons. The molecule has 0 aliphatic carbocycles. The van der Waals surface area contributed by atoms with Crippen LogP contribution < -0.4 is 0 Å². The molecule has 0 radical (unpaired) electrons. The molecule has 0 saturated heterocycles. The molecule has 7 heteroatoms. The fraction of sp³-hybridized carbons (Fsp3) is 0.333. The summed E-state index contributed by atoms with van der Waals surface area (Å²) in [5, 5.41) is 58.8. The summed E-state index contributed by atoms with van der Waals surface area (Å²) in [5.41, 5.74) is 5.33. The van der Waals surface area contributed by atoms with Crippen LogP contribution in [0.15, 0.2) is 54.6 Å². The van der Waals surface area contributed by atoms with Gasteiger partial charge in [-0.2, -0.15) is 0 Å². The molecule has 34 heavy (non-hydrogen) atoms. The summed E-state index contributed by atoms with van der Waals surface area (Å²) in [4.78, 5) is 0. The molecular formula is C27H33AtO6. The number of rotatable bonds is 9. The van der Waals surface area contributed by atoms with Gasteiger partial charge >= 0.3 is 29.4 Å². The van der Waals surface area contributed by atoms with Gasteiger partial charge in [-0.15, -0.1) is 0 Å². The van der Waals surface area contributed by atoms with Gasteiger partial charge in [0.25, 0.3) is 0 Å². The first-order chi connectivity index (χ1) is 16.4. The van der Waals surface area contributed by atoms with Crippen molar-refractivity contribution in [2.45, 2.75) is 56.6 Å². The van der Waals surface area contributed by atoms with Crippen LogP contribution in [0.1, 0.15) is 57.0 Å². The first kappa shape index (κ1) is 28.5. The van der Waals surface area contributed by atoms with Crippen molar-refractivity contribution < 1.29 is 55.4 Å². The number of hydrogen-bond acceptors (Lipinski definition) is 6. The summed E-state index contributed by atoms with van der Waals surface area (Å²) in [5.74, 6) is 0. The zero-order valence-corrected chi connectivity index (χ0v) is 22.4. The minimum atomic E-state index is -0.848. The SMILES string of the molecule is CC(c1cc(CO)cc(CO)c1)(c1cc(CO)cc(CO)c1)c1cc(CO)cc(CO)c1.C[At]. The van der Waals surface area contributed by atoms with Gasteiger partial charge in [0.15, 0.2) is 0 Å². The molecule has 0 aliphatic rings. The molecule has 0 aliphatic heterocycles. The molecule has 3 aromatic rings. The summed E-state index contributed by atoms with van der Waals surface area (Å²) in [6, 6.07) is 16.3. The van der Waals surface area contributed by atoms with Crippen LogP contribution >= 0.6 is 0 Å². The van der Waals surface area contributed by atoms with E-state index in [1.807, 2.05) is 43.3 Å². The molecule has 6 nitrogen and oxygen atoms in total. The van der Waals surface area contributed by atoms with Gasteiger partial charge in [0.05, 0.1) is 39.6 Å². The van der Waals surface area contributed by atoms with Gasteiger partial charge in [-0.05, 0) is 57.0 Å². The van der Waals surface area contributed by atoms with E-state index in [2.05, 4.69) is 4.63 Å². The van der Waals surface area contributed by atoms with E-state index in [4.69, 9.17) is 0 Å². The third-order valence-corrected chi connectivity index (χ3v) is 5.99. The standard InChI is InChI=1S/C26H30O6.CH3At/c1-26(23-5-17(11-27)2-18(6-23)12-28,24-7-19(13-29)3-20(8-24)14-30)25-9-21(15-31)4-22(10-25)16-32;1-2/h2-10,27-32H,11-16H2,1H3;1H3. The Balaban J connectivity index is 0.00000199. The zero-order valence-electron chi connectivity index (χ0n) is 19.5. The van der Waals surface area contributed by atoms with Crippen molar-refractivity contribution in [3.63, 3.8) is 0 Å². The van der Waals surface area contributed by atoms with E-state index in [-0.39, 0.29) is 39.6 Å². The Morgan fingerprint density at radius 3 is 0.765 bits per heavy atom. The Hall–Kier alpha value is -1.70. The third-order valence-electron chi connectivity index (χ3n) is 5.99. The first-order valence-electron chi connectivity index (χ1n) is 10.8. The Morgan fingerprint density at radius 1 is 0.441 bits per heavy atom. The Labute approximate surface area is 216 Å². The van der Waals surface area contributed by atoms with E-state index in [1.165, 1.54) is 0 Å². The van der Waals surface area contributed by atoms with Crippen LogP contribution in [0.5, 0.6) is 0 Å². The maximum absolute atomic E-state index is 9.80. The predicted molar refractivity (Wildman–Crippen MR) is 126 cm³/mol. The average molecular weight is 664 g/mol. The van der Waals surface area contributed by atoms with Crippen molar-refractivity contribution in [1.29, 1.82) is 0 Å². The van der Waals surface area contributed by atoms with E-state index >= 15 is 0 Å². The molecule has 3 aromatic carbocycles. The maximum atomic E-state index is 9.80. The van der Waals surface area contributed by atoms with Gasteiger partial charge in [0.1, 0.15) is 0 Å². The minimum absolute atomic E-state index is 0.200. The Kier molecular flexibility index (Phi) is 11.3. The van der Waals surface area contributed by atoms with E-state index in [0.717, 1.165) is 16.7 Å². The zero-order chi connectivity index (χ0) is 25.3.